The second kappa shape index (κ2) is 4.30. The number of halogens is 1. The van der Waals surface area contributed by atoms with E-state index in [1.54, 1.807) is 16.8 Å². The highest BCUT2D eigenvalue weighted by Crippen LogP contribution is 2.18. The molecule has 0 saturated carbocycles. The lowest BCUT2D eigenvalue weighted by Gasteiger charge is -2.03. The number of rotatable bonds is 3. The highest BCUT2D eigenvalue weighted by Gasteiger charge is 2.06. The molecule has 1 N–H and O–H groups in total. The van der Waals surface area contributed by atoms with E-state index in [1.807, 2.05) is 20.2 Å². The molecule has 16 heavy (non-hydrogen) atoms. The summed E-state index contributed by atoms with van der Waals surface area (Å²) in [5.41, 5.74) is 1.80. The SMILES string of the molecule is CCc1nn(C)cc1Nc1cccc(F)n1. The molecule has 0 saturated heterocycles. The van der Waals surface area contributed by atoms with Gasteiger partial charge in [0.25, 0.3) is 0 Å². The average Bonchev–Trinajstić information content (AvgIpc) is 2.59. The predicted octanol–water partition coefficient (Wildman–Crippen LogP) is 2.26. The van der Waals surface area contributed by atoms with Crippen molar-refractivity contribution in [1.82, 2.24) is 14.8 Å². The fourth-order valence-electron chi connectivity index (χ4n) is 1.52. The van der Waals surface area contributed by atoms with E-state index in [9.17, 15) is 4.39 Å². The molecular weight excluding hydrogens is 207 g/mol. The van der Waals surface area contributed by atoms with Crippen LogP contribution in [0.15, 0.2) is 24.4 Å². The molecule has 0 amide bonds. The quantitative estimate of drug-likeness (QED) is 0.807. The van der Waals surface area contributed by atoms with E-state index < -0.39 is 5.95 Å². The van der Waals surface area contributed by atoms with Crippen molar-refractivity contribution >= 4 is 11.5 Å². The zero-order valence-electron chi connectivity index (χ0n) is 9.24. The first kappa shape index (κ1) is 10.6. The second-order valence-corrected chi connectivity index (χ2v) is 3.49. The van der Waals surface area contributed by atoms with Crippen molar-refractivity contribution in [1.29, 1.82) is 0 Å². The molecule has 84 valence electrons. The molecular formula is C11H13FN4. The first-order valence-corrected chi connectivity index (χ1v) is 5.11. The Labute approximate surface area is 93.1 Å². The lowest BCUT2D eigenvalue weighted by atomic mass is 10.3. The fourth-order valence-corrected chi connectivity index (χ4v) is 1.52. The van der Waals surface area contributed by atoms with Gasteiger partial charge in [0.1, 0.15) is 5.82 Å². The van der Waals surface area contributed by atoms with Gasteiger partial charge < -0.3 is 5.32 Å². The molecule has 0 unspecified atom stereocenters. The minimum absolute atomic E-state index is 0.489. The van der Waals surface area contributed by atoms with Gasteiger partial charge >= 0.3 is 0 Å². The van der Waals surface area contributed by atoms with Crippen LogP contribution >= 0.6 is 0 Å². The summed E-state index contributed by atoms with van der Waals surface area (Å²) in [6.45, 7) is 2.02. The van der Waals surface area contributed by atoms with E-state index in [1.165, 1.54) is 6.07 Å². The van der Waals surface area contributed by atoms with Crippen LogP contribution < -0.4 is 5.32 Å². The minimum Gasteiger partial charge on any atom is -0.337 e. The van der Waals surface area contributed by atoms with Crippen molar-refractivity contribution in [2.75, 3.05) is 5.32 Å². The Balaban J connectivity index is 2.26. The summed E-state index contributed by atoms with van der Waals surface area (Å²) >= 11 is 0. The maximum absolute atomic E-state index is 12.9. The number of pyridine rings is 1. The average molecular weight is 220 g/mol. The van der Waals surface area contributed by atoms with E-state index in [4.69, 9.17) is 0 Å². The molecule has 0 aliphatic heterocycles. The lowest BCUT2D eigenvalue weighted by molar-refractivity contribution is 0.585. The van der Waals surface area contributed by atoms with Crippen molar-refractivity contribution in [2.24, 2.45) is 7.05 Å². The summed E-state index contributed by atoms with van der Waals surface area (Å²) in [5.74, 6) is -0.00496. The van der Waals surface area contributed by atoms with Gasteiger partial charge in [-0.3, -0.25) is 4.68 Å². The third-order valence-electron chi connectivity index (χ3n) is 2.22. The molecule has 2 aromatic rings. The smallest absolute Gasteiger partial charge is 0.214 e. The third kappa shape index (κ3) is 2.18. The molecule has 0 spiro atoms. The van der Waals surface area contributed by atoms with Crippen molar-refractivity contribution in [3.05, 3.63) is 36.0 Å². The molecule has 0 fully saturated rings. The monoisotopic (exact) mass is 220 g/mol. The van der Waals surface area contributed by atoms with E-state index in [0.29, 0.717) is 5.82 Å². The van der Waals surface area contributed by atoms with Crippen molar-refractivity contribution in [3.8, 4) is 0 Å². The number of anilines is 2. The van der Waals surface area contributed by atoms with Crippen LogP contribution in [0, 0.1) is 5.95 Å². The number of hydrogen-bond donors (Lipinski definition) is 1. The fraction of sp³-hybridized carbons (Fsp3) is 0.273. The molecule has 4 nitrogen and oxygen atoms in total. The van der Waals surface area contributed by atoms with Gasteiger partial charge in [-0.1, -0.05) is 13.0 Å². The molecule has 0 aliphatic rings. The summed E-state index contributed by atoms with van der Waals surface area (Å²) in [6.07, 6.45) is 2.67. The van der Waals surface area contributed by atoms with Gasteiger partial charge in [0.15, 0.2) is 0 Å². The van der Waals surface area contributed by atoms with Crippen LogP contribution in [0.3, 0.4) is 0 Å². The van der Waals surface area contributed by atoms with Crippen LogP contribution in [-0.4, -0.2) is 14.8 Å². The molecule has 0 radical (unpaired) electrons. The molecule has 2 rings (SSSR count). The topological polar surface area (TPSA) is 42.7 Å². The van der Waals surface area contributed by atoms with Crippen molar-refractivity contribution in [3.63, 3.8) is 0 Å². The summed E-state index contributed by atoms with van der Waals surface area (Å²) in [7, 11) is 1.85. The van der Waals surface area contributed by atoms with Gasteiger partial charge in [-0.25, -0.2) is 4.98 Å². The highest BCUT2D eigenvalue weighted by atomic mass is 19.1. The summed E-state index contributed by atoms with van der Waals surface area (Å²) < 4.78 is 14.6. The van der Waals surface area contributed by atoms with Gasteiger partial charge in [-0.15, -0.1) is 0 Å². The molecule has 0 aliphatic carbocycles. The normalized spacial score (nSPS) is 10.4. The molecule has 0 bridgehead atoms. The molecule has 2 heterocycles. The standard InChI is InChI=1S/C11H13FN4/c1-3-8-9(7-16(2)15-8)13-11-6-4-5-10(12)14-11/h4-7H,3H2,1-2H3,(H,13,14). The van der Waals surface area contributed by atoms with Gasteiger partial charge in [0, 0.05) is 13.2 Å². The summed E-state index contributed by atoms with van der Waals surface area (Å²) in [4.78, 5) is 3.74. The number of hydrogen-bond acceptors (Lipinski definition) is 3. The molecule has 5 heteroatoms. The van der Waals surface area contributed by atoms with E-state index in [0.717, 1.165) is 17.8 Å². The second-order valence-electron chi connectivity index (χ2n) is 3.49. The molecule has 2 aromatic heterocycles. The number of aromatic nitrogens is 3. The van der Waals surface area contributed by atoms with E-state index in [2.05, 4.69) is 15.4 Å². The Morgan fingerprint density at radius 3 is 2.94 bits per heavy atom. The number of nitrogens with one attached hydrogen (secondary N) is 1. The Kier molecular flexibility index (Phi) is 2.85. The Bertz CT molecular complexity index is 492. The maximum atomic E-state index is 12.9. The van der Waals surface area contributed by atoms with Crippen molar-refractivity contribution < 1.29 is 4.39 Å². The molecule has 0 atom stereocenters. The third-order valence-corrected chi connectivity index (χ3v) is 2.22. The first-order valence-electron chi connectivity index (χ1n) is 5.11. The maximum Gasteiger partial charge on any atom is 0.214 e. The Hall–Kier alpha value is -1.91. The van der Waals surface area contributed by atoms with Crippen LogP contribution in [-0.2, 0) is 13.5 Å². The van der Waals surface area contributed by atoms with E-state index >= 15 is 0 Å². The summed E-state index contributed by atoms with van der Waals surface area (Å²) in [5, 5.41) is 7.33. The zero-order chi connectivity index (χ0) is 11.5. The van der Waals surface area contributed by atoms with Gasteiger partial charge in [0.2, 0.25) is 5.95 Å². The predicted molar refractivity (Wildman–Crippen MR) is 60.1 cm³/mol. The zero-order valence-corrected chi connectivity index (χ0v) is 9.24. The highest BCUT2D eigenvalue weighted by molar-refractivity contribution is 5.57. The first-order chi connectivity index (χ1) is 7.69. The Morgan fingerprint density at radius 2 is 2.25 bits per heavy atom. The number of nitrogens with zero attached hydrogens (tertiary/aromatic N) is 3. The van der Waals surface area contributed by atoms with Gasteiger partial charge in [-0.05, 0) is 18.6 Å². The minimum atomic E-state index is -0.494. The summed E-state index contributed by atoms with van der Waals surface area (Å²) in [6, 6.07) is 4.65. The van der Waals surface area contributed by atoms with Crippen LogP contribution in [0.2, 0.25) is 0 Å². The lowest BCUT2D eigenvalue weighted by Crippen LogP contribution is -1.96. The van der Waals surface area contributed by atoms with Gasteiger partial charge in [0.05, 0.1) is 11.4 Å². The van der Waals surface area contributed by atoms with E-state index in [-0.39, 0.29) is 0 Å². The van der Waals surface area contributed by atoms with Gasteiger partial charge in [-0.2, -0.15) is 9.49 Å². The largest absolute Gasteiger partial charge is 0.337 e. The van der Waals surface area contributed by atoms with Crippen LogP contribution in [0.1, 0.15) is 12.6 Å². The van der Waals surface area contributed by atoms with Crippen LogP contribution in [0.25, 0.3) is 0 Å². The number of aryl methyl sites for hydroxylation is 2. The Morgan fingerprint density at radius 1 is 1.44 bits per heavy atom. The van der Waals surface area contributed by atoms with Crippen molar-refractivity contribution in [2.45, 2.75) is 13.3 Å². The van der Waals surface area contributed by atoms with Crippen LogP contribution in [0.4, 0.5) is 15.9 Å². The van der Waals surface area contributed by atoms with Crippen LogP contribution in [0.5, 0.6) is 0 Å². The molecule has 0 aromatic carbocycles.